The van der Waals surface area contributed by atoms with E-state index in [1.807, 2.05) is 12.1 Å². The Hall–Kier alpha value is -12.9. The van der Waals surface area contributed by atoms with Crippen LogP contribution in [-0.2, 0) is 54.3 Å². The molecular weight excluding hydrogens is 1550 g/mol. The lowest BCUT2D eigenvalue weighted by Crippen LogP contribution is -2.65. The number of carboxylic acid groups (broad SMARTS) is 1. The number of nitrogens with one attached hydrogen (secondary N) is 7. The number of carboxylic acids is 1. The molecule has 0 unspecified atom stereocenters. The third-order valence-electron chi connectivity index (χ3n) is 19.6. The van der Waals surface area contributed by atoms with Crippen LogP contribution >= 0.6 is 35.0 Å². The first kappa shape index (κ1) is 76.4. The number of halogens is 2. The van der Waals surface area contributed by atoms with Gasteiger partial charge < -0.3 is 117 Å². The molecule has 1 fully saturated rings. The molecule has 1 saturated heterocycles. The Labute approximate surface area is 657 Å². The van der Waals surface area contributed by atoms with Crippen molar-refractivity contribution in [2.75, 3.05) is 6.61 Å². The Morgan fingerprint density at radius 1 is 0.596 bits per heavy atom. The van der Waals surface area contributed by atoms with Gasteiger partial charge in [-0.1, -0.05) is 71.7 Å². The van der Waals surface area contributed by atoms with E-state index in [1.165, 1.54) is 60.9 Å². The molecule has 7 amide bonds. The first-order valence-corrected chi connectivity index (χ1v) is 36.4. The standard InChI is InChI=1S/C78H64Cl2N10O23S/c1-31(92)83-62-67(100)66(99)56(30-91)112-77(62)113-68-35-10-14-52(46(80)22-35)111-55-25-38-24-54(65(55)98)110-51-13-7-32(17-45(51)79)18-47-69(101)85-59(71(103)87-60(38)72(104)86-58-33-8-11-48(95)43(21-33)57-44(27-40(94)28-50(57)97)61(76(107)108)88-73(105)63(68)89-70(58)102)37-19-39(93)26-41(20-37)109-53-23-34(9-12-49(53)96)64(74(106)84-47)90-29-36-5-2-3-6-42(36)75(90)114-78-81-15-4-16-82-78/h2-17,19-29,47,56,58-64,66-68,77,91,93-100H,18,30H2,1H3,(H,83,92)(H,84,106)(H,85,101)(H,86,104)(H,87,103)(H,88,105)(H,89,102)(H,107,108)/t47-,56-,58-,59+,60-,61+,62-,63+,64-,66-,67-,68-,77+/m1/s1. The number of aliphatic carboxylic acids is 1. The Kier molecular flexibility index (Phi) is 20.8. The molecule has 10 aromatic rings. The molecule has 0 spiro atoms. The Morgan fingerprint density at radius 3 is 1.92 bits per heavy atom. The van der Waals surface area contributed by atoms with Crippen molar-refractivity contribution in [3.05, 3.63) is 213 Å². The summed E-state index contributed by atoms with van der Waals surface area (Å²) in [6, 6.07) is 14.2. The number of phenols is 6. The zero-order valence-electron chi connectivity index (χ0n) is 58.8. The number of fused-ring (bicyclic) bond motifs is 15. The molecule has 0 radical (unpaired) electrons. The van der Waals surface area contributed by atoms with Gasteiger partial charge in [-0.3, -0.25) is 33.6 Å². The number of hydrogen-bond donors (Lipinski definition) is 17. The molecule has 7 aliphatic rings. The summed E-state index contributed by atoms with van der Waals surface area (Å²) in [6.45, 7) is 0.0184. The van der Waals surface area contributed by atoms with Crippen LogP contribution in [0.1, 0.15) is 82.2 Å². The van der Waals surface area contributed by atoms with E-state index in [0.29, 0.717) is 15.8 Å². The van der Waals surface area contributed by atoms with Crippen LogP contribution in [0.4, 0.5) is 0 Å². The highest BCUT2D eigenvalue weighted by Crippen LogP contribution is 2.50. The Morgan fingerprint density at radius 2 is 1.23 bits per heavy atom. The van der Waals surface area contributed by atoms with Crippen LogP contribution in [0.25, 0.3) is 21.9 Å². The van der Waals surface area contributed by atoms with Gasteiger partial charge in [0.2, 0.25) is 47.1 Å². The van der Waals surface area contributed by atoms with Crippen molar-refractivity contribution in [3.8, 4) is 80.1 Å². The normalized spacial score (nSPS) is 23.5. The van der Waals surface area contributed by atoms with Gasteiger partial charge in [-0.15, -0.1) is 0 Å². The van der Waals surface area contributed by atoms with Gasteiger partial charge >= 0.3 is 5.97 Å². The number of phenolic OH excluding ortho intramolecular Hbond substituents is 6. The van der Waals surface area contributed by atoms with Crippen LogP contribution in [-0.4, -0.2) is 162 Å². The molecular formula is C78H64Cl2N10O23S. The van der Waals surface area contributed by atoms with Crippen molar-refractivity contribution in [1.82, 2.24) is 51.8 Å². The maximum Gasteiger partial charge on any atom is 0.330 e. The van der Waals surface area contributed by atoms with Gasteiger partial charge in [0.15, 0.2) is 40.5 Å². The van der Waals surface area contributed by atoms with E-state index in [-0.39, 0.29) is 61.0 Å². The zero-order chi connectivity index (χ0) is 80.4. The highest BCUT2D eigenvalue weighted by Gasteiger charge is 2.50. The summed E-state index contributed by atoms with van der Waals surface area (Å²) in [4.78, 5) is 132. The van der Waals surface area contributed by atoms with Gasteiger partial charge in [0.25, 0.3) is 0 Å². The van der Waals surface area contributed by atoms with Gasteiger partial charge in [-0.05, 0) is 130 Å². The summed E-state index contributed by atoms with van der Waals surface area (Å²) in [7, 11) is 0. The minimum absolute atomic E-state index is 0.185. The van der Waals surface area contributed by atoms with E-state index in [4.69, 9.17) is 46.9 Å². The van der Waals surface area contributed by atoms with Crippen LogP contribution in [0.5, 0.6) is 69.0 Å². The smallest absolute Gasteiger partial charge is 0.330 e. The number of aliphatic hydroxyl groups excluding tert-OH is 3. The fourth-order valence-electron chi connectivity index (χ4n) is 14.2. The molecule has 584 valence electrons. The summed E-state index contributed by atoms with van der Waals surface area (Å²) < 4.78 is 33.4. The minimum atomic E-state index is -2.40. The predicted octanol–water partition coefficient (Wildman–Crippen LogP) is 6.44. The number of carbonyl (C=O) groups excluding carboxylic acids is 7. The van der Waals surface area contributed by atoms with Crippen molar-refractivity contribution >= 4 is 93.1 Å². The second-order valence-corrected chi connectivity index (χ2v) is 28.9. The molecule has 9 heterocycles. The number of benzene rings is 8. The number of nitrogens with zero attached hydrogens (tertiary/aromatic N) is 3. The lowest BCUT2D eigenvalue weighted by Gasteiger charge is -2.44. The summed E-state index contributed by atoms with van der Waals surface area (Å²) in [5.74, 6) is -17.1. The average Bonchev–Trinajstić information content (AvgIpc) is 1.54. The van der Waals surface area contributed by atoms with E-state index in [2.05, 4.69) is 47.2 Å². The van der Waals surface area contributed by atoms with Gasteiger partial charge in [0.05, 0.1) is 21.7 Å². The van der Waals surface area contributed by atoms with Crippen LogP contribution in [0.3, 0.4) is 0 Å². The zero-order valence-corrected chi connectivity index (χ0v) is 61.1. The quantitative estimate of drug-likeness (QED) is 0.0728. The molecule has 114 heavy (non-hydrogen) atoms. The average molecular weight is 1610 g/mol. The fraction of sp³-hybridized carbons (Fsp3) is 0.205. The highest BCUT2D eigenvalue weighted by atomic mass is 35.5. The van der Waals surface area contributed by atoms with Gasteiger partial charge in [0, 0.05) is 71.5 Å². The second kappa shape index (κ2) is 31.0. The van der Waals surface area contributed by atoms with Crippen molar-refractivity contribution in [2.24, 2.45) is 0 Å². The second-order valence-electron chi connectivity index (χ2n) is 27.1. The van der Waals surface area contributed by atoms with E-state index in [9.17, 15) is 60.7 Å². The van der Waals surface area contributed by atoms with Crippen molar-refractivity contribution in [3.63, 3.8) is 0 Å². The molecule has 33 nitrogen and oxygen atoms in total. The number of carbonyl (C=O) groups is 8. The summed E-state index contributed by atoms with van der Waals surface area (Å²) in [5.41, 5.74) is -2.58. The van der Waals surface area contributed by atoms with Crippen LogP contribution in [0.2, 0.25) is 10.0 Å². The van der Waals surface area contributed by atoms with E-state index in [1.54, 1.807) is 29.0 Å². The highest BCUT2D eigenvalue weighted by molar-refractivity contribution is 7.99. The molecule has 0 aliphatic carbocycles. The number of aromatic nitrogens is 3. The number of hydrogen-bond acceptors (Lipinski definition) is 25. The van der Waals surface area contributed by atoms with Gasteiger partial charge in [-0.25, -0.2) is 14.8 Å². The number of rotatable bonds is 8. The number of amides is 7. The molecule has 2 aromatic heterocycles. The molecule has 8 aromatic carbocycles. The maximum absolute atomic E-state index is 16.4. The molecule has 17 bridgehead atoms. The molecule has 0 saturated carbocycles. The topological polar surface area (TPSA) is 500 Å². The van der Waals surface area contributed by atoms with Gasteiger partial charge in [-0.2, -0.15) is 0 Å². The SMILES string of the molecule is CC(=O)N[C@H]1[C@H](O[C@@H]2c3ccc(c(Cl)c3)Oc3cc4cc(c3O)Oc3ccc(cc3Cl)C[C@H]3NC(=O)[C@H](n5cc6ccccc6c5Sc5ncccn5)c5ccc(O)c(c5)Oc5cc(O)cc(c5)[C@H](NC3=O)C(=O)N[C@H]4C(=O)N[C@H]3C(=O)N[C@@H]2C(=O)N[C@H](C(=O)O)c2cc(O)cc(O)c2-c2cc3ccc2O)O[C@H](CO)[C@@H](O)[C@@H]1O. The van der Waals surface area contributed by atoms with E-state index >= 15 is 28.8 Å². The van der Waals surface area contributed by atoms with Crippen LogP contribution < -0.4 is 51.4 Å². The number of ether oxygens (including phenoxy) is 5. The third-order valence-corrected chi connectivity index (χ3v) is 21.2. The first-order valence-electron chi connectivity index (χ1n) is 34.8. The van der Waals surface area contributed by atoms with Crippen molar-refractivity contribution in [2.45, 2.75) is 103 Å². The summed E-state index contributed by atoms with van der Waals surface area (Å²) in [5, 5.41) is 134. The van der Waals surface area contributed by atoms with Crippen molar-refractivity contribution < 1.29 is 113 Å². The lowest BCUT2D eigenvalue weighted by molar-refractivity contribution is -0.284. The molecule has 13 atom stereocenters. The lowest BCUT2D eigenvalue weighted by atomic mass is 9.89. The number of aliphatic hydroxyl groups is 3. The Balaban J connectivity index is 0.925. The third kappa shape index (κ3) is 15.0. The van der Waals surface area contributed by atoms with Gasteiger partial charge in [0.1, 0.15) is 107 Å². The molecule has 17 N–H and O–H groups in total. The molecule has 36 heteroatoms. The fourth-order valence-corrected chi connectivity index (χ4v) is 15.7. The van der Waals surface area contributed by atoms with Crippen molar-refractivity contribution in [1.29, 1.82) is 0 Å². The predicted molar refractivity (Wildman–Crippen MR) is 398 cm³/mol. The monoisotopic (exact) mass is 1610 g/mol. The molecule has 17 rings (SSSR count). The minimum Gasteiger partial charge on any atom is -0.508 e. The largest absolute Gasteiger partial charge is 0.508 e. The van der Waals surface area contributed by atoms with E-state index < -0.39 is 213 Å². The van der Waals surface area contributed by atoms with Crippen LogP contribution in [0, 0.1) is 0 Å². The summed E-state index contributed by atoms with van der Waals surface area (Å²) in [6.07, 6.45) is -5.54. The molecule has 7 aliphatic heterocycles. The van der Waals surface area contributed by atoms with E-state index in [0.717, 1.165) is 85.4 Å². The Bertz CT molecular complexity index is 5630. The first-order chi connectivity index (χ1) is 54.6. The summed E-state index contributed by atoms with van der Waals surface area (Å²) >= 11 is 15.4. The number of aromatic hydroxyl groups is 6. The van der Waals surface area contributed by atoms with Crippen LogP contribution in [0.15, 0.2) is 174 Å². The maximum atomic E-state index is 16.4.